The highest BCUT2D eigenvalue weighted by atomic mass is 16.1. The topological polar surface area (TPSA) is 55.1 Å². The Labute approximate surface area is 102 Å². The van der Waals surface area contributed by atoms with E-state index in [1.165, 1.54) is 11.1 Å². The third-order valence-corrected chi connectivity index (χ3v) is 3.55. The summed E-state index contributed by atoms with van der Waals surface area (Å²) < 4.78 is 0. The maximum Gasteiger partial charge on any atom is 0.224 e. The standard InChI is InChI=1S/C14H20N2O/c1-14(2,7-8-15)11-4-5-12-10(9-11)3-6-13(17)16-12/h4-5,9H,3,6-8,15H2,1-2H3,(H,16,17). The van der Waals surface area contributed by atoms with Gasteiger partial charge in [0.15, 0.2) is 0 Å². The molecule has 0 saturated carbocycles. The Kier molecular flexibility index (Phi) is 3.20. The predicted octanol–water partition coefficient (Wildman–Crippen LogP) is 2.20. The molecule has 92 valence electrons. The van der Waals surface area contributed by atoms with Crippen LogP contribution in [0.1, 0.15) is 37.8 Å². The van der Waals surface area contributed by atoms with E-state index in [2.05, 4.69) is 31.3 Å². The first-order valence-electron chi connectivity index (χ1n) is 6.16. The van der Waals surface area contributed by atoms with Crippen LogP contribution < -0.4 is 11.1 Å². The van der Waals surface area contributed by atoms with E-state index in [0.717, 1.165) is 18.5 Å². The van der Waals surface area contributed by atoms with E-state index in [1.807, 2.05) is 6.07 Å². The van der Waals surface area contributed by atoms with Gasteiger partial charge in [-0.05, 0) is 42.0 Å². The summed E-state index contributed by atoms with van der Waals surface area (Å²) in [4.78, 5) is 11.3. The molecule has 0 radical (unpaired) electrons. The van der Waals surface area contributed by atoms with Gasteiger partial charge in [-0.3, -0.25) is 4.79 Å². The average Bonchev–Trinajstić information content (AvgIpc) is 2.28. The minimum atomic E-state index is 0.102. The Morgan fingerprint density at radius 2 is 2.12 bits per heavy atom. The van der Waals surface area contributed by atoms with Crippen molar-refractivity contribution in [1.29, 1.82) is 0 Å². The molecule has 1 amide bonds. The zero-order valence-electron chi connectivity index (χ0n) is 10.5. The van der Waals surface area contributed by atoms with Crippen LogP contribution in [0, 0.1) is 0 Å². The Morgan fingerprint density at radius 3 is 2.82 bits per heavy atom. The van der Waals surface area contributed by atoms with E-state index in [9.17, 15) is 4.79 Å². The lowest BCUT2D eigenvalue weighted by molar-refractivity contribution is -0.116. The van der Waals surface area contributed by atoms with Gasteiger partial charge in [-0.15, -0.1) is 0 Å². The molecule has 0 spiro atoms. The number of hydrogen-bond donors (Lipinski definition) is 2. The number of aryl methyl sites for hydroxylation is 1. The number of amides is 1. The van der Waals surface area contributed by atoms with E-state index in [0.29, 0.717) is 13.0 Å². The molecule has 1 heterocycles. The summed E-state index contributed by atoms with van der Waals surface area (Å²) >= 11 is 0. The Balaban J connectivity index is 2.30. The molecule has 3 nitrogen and oxygen atoms in total. The number of nitrogens with two attached hydrogens (primary N) is 1. The molecule has 2 rings (SSSR count). The molecule has 1 aromatic rings. The van der Waals surface area contributed by atoms with Crippen LogP contribution in [0.3, 0.4) is 0 Å². The van der Waals surface area contributed by atoms with Crippen molar-refractivity contribution in [3.8, 4) is 0 Å². The van der Waals surface area contributed by atoms with E-state index in [4.69, 9.17) is 5.73 Å². The lowest BCUT2D eigenvalue weighted by atomic mass is 9.80. The number of carbonyl (C=O) groups is 1. The summed E-state index contributed by atoms with van der Waals surface area (Å²) in [7, 11) is 0. The number of fused-ring (bicyclic) bond motifs is 1. The first-order chi connectivity index (χ1) is 8.03. The number of anilines is 1. The molecular weight excluding hydrogens is 212 g/mol. The Morgan fingerprint density at radius 1 is 1.35 bits per heavy atom. The molecule has 3 N–H and O–H groups in total. The predicted molar refractivity (Wildman–Crippen MR) is 70.1 cm³/mol. The van der Waals surface area contributed by atoms with Gasteiger partial charge in [0.1, 0.15) is 0 Å². The van der Waals surface area contributed by atoms with Gasteiger partial charge in [-0.1, -0.05) is 26.0 Å². The molecule has 1 aromatic carbocycles. The average molecular weight is 232 g/mol. The van der Waals surface area contributed by atoms with Crippen molar-refractivity contribution < 1.29 is 4.79 Å². The fourth-order valence-corrected chi connectivity index (χ4v) is 2.31. The fourth-order valence-electron chi connectivity index (χ4n) is 2.31. The quantitative estimate of drug-likeness (QED) is 0.839. The summed E-state index contributed by atoms with van der Waals surface area (Å²) in [5, 5.41) is 2.91. The first-order valence-corrected chi connectivity index (χ1v) is 6.16. The second-order valence-corrected chi connectivity index (χ2v) is 5.34. The smallest absolute Gasteiger partial charge is 0.224 e. The van der Waals surface area contributed by atoms with E-state index in [1.54, 1.807) is 0 Å². The second kappa shape index (κ2) is 4.49. The number of carbonyl (C=O) groups excluding carboxylic acids is 1. The molecule has 0 atom stereocenters. The summed E-state index contributed by atoms with van der Waals surface area (Å²) in [6.07, 6.45) is 2.40. The third-order valence-electron chi connectivity index (χ3n) is 3.55. The van der Waals surface area contributed by atoms with Crippen molar-refractivity contribution in [1.82, 2.24) is 0 Å². The van der Waals surface area contributed by atoms with Crippen LogP contribution in [-0.2, 0) is 16.6 Å². The third kappa shape index (κ3) is 2.50. The summed E-state index contributed by atoms with van der Waals surface area (Å²) in [5.41, 5.74) is 9.27. The van der Waals surface area contributed by atoms with Crippen molar-refractivity contribution in [3.63, 3.8) is 0 Å². The van der Waals surface area contributed by atoms with Crippen LogP contribution in [0.25, 0.3) is 0 Å². The molecule has 0 aromatic heterocycles. The van der Waals surface area contributed by atoms with Crippen LogP contribution in [0.4, 0.5) is 5.69 Å². The number of rotatable bonds is 3. The van der Waals surface area contributed by atoms with Gasteiger partial charge in [0.25, 0.3) is 0 Å². The zero-order valence-corrected chi connectivity index (χ0v) is 10.5. The summed E-state index contributed by atoms with van der Waals surface area (Å²) in [6, 6.07) is 6.32. The van der Waals surface area contributed by atoms with Crippen LogP contribution in [0.2, 0.25) is 0 Å². The largest absolute Gasteiger partial charge is 0.330 e. The normalized spacial score (nSPS) is 15.4. The molecular formula is C14H20N2O. The molecule has 0 fully saturated rings. The lowest BCUT2D eigenvalue weighted by Gasteiger charge is -2.27. The molecule has 1 aliphatic heterocycles. The minimum absolute atomic E-state index is 0.102. The number of hydrogen-bond acceptors (Lipinski definition) is 2. The van der Waals surface area contributed by atoms with Crippen molar-refractivity contribution in [2.45, 2.75) is 38.5 Å². The van der Waals surface area contributed by atoms with Gasteiger partial charge in [0.05, 0.1) is 0 Å². The molecule has 17 heavy (non-hydrogen) atoms. The Hall–Kier alpha value is -1.35. The van der Waals surface area contributed by atoms with Crippen LogP contribution in [0.15, 0.2) is 18.2 Å². The molecule has 3 heteroatoms. The van der Waals surface area contributed by atoms with Crippen LogP contribution >= 0.6 is 0 Å². The zero-order chi connectivity index (χ0) is 12.5. The molecule has 0 unspecified atom stereocenters. The number of benzene rings is 1. The maximum atomic E-state index is 11.3. The highest BCUT2D eigenvalue weighted by Crippen LogP contribution is 2.31. The molecule has 0 saturated heterocycles. The van der Waals surface area contributed by atoms with Gasteiger partial charge in [-0.2, -0.15) is 0 Å². The summed E-state index contributed by atoms with van der Waals surface area (Å²) in [5.74, 6) is 0.117. The Bertz CT molecular complexity index is 438. The van der Waals surface area contributed by atoms with Crippen molar-refractivity contribution >= 4 is 11.6 Å². The van der Waals surface area contributed by atoms with Gasteiger partial charge < -0.3 is 11.1 Å². The monoisotopic (exact) mass is 232 g/mol. The minimum Gasteiger partial charge on any atom is -0.330 e. The molecule has 0 aliphatic carbocycles. The fraction of sp³-hybridized carbons (Fsp3) is 0.500. The van der Waals surface area contributed by atoms with E-state index in [-0.39, 0.29) is 11.3 Å². The highest BCUT2D eigenvalue weighted by molar-refractivity contribution is 5.93. The van der Waals surface area contributed by atoms with E-state index < -0.39 is 0 Å². The van der Waals surface area contributed by atoms with Crippen LogP contribution in [-0.4, -0.2) is 12.5 Å². The molecule has 1 aliphatic rings. The SMILES string of the molecule is CC(C)(CCN)c1ccc2c(c1)CCC(=O)N2. The molecule has 0 bridgehead atoms. The van der Waals surface area contributed by atoms with E-state index >= 15 is 0 Å². The van der Waals surface area contributed by atoms with Gasteiger partial charge in [0, 0.05) is 12.1 Å². The van der Waals surface area contributed by atoms with Crippen LogP contribution in [0.5, 0.6) is 0 Å². The summed E-state index contributed by atoms with van der Waals surface area (Å²) in [6.45, 7) is 5.12. The second-order valence-electron chi connectivity index (χ2n) is 5.34. The van der Waals surface area contributed by atoms with Crippen molar-refractivity contribution in [2.75, 3.05) is 11.9 Å². The number of nitrogens with one attached hydrogen (secondary N) is 1. The maximum absolute atomic E-state index is 11.3. The van der Waals surface area contributed by atoms with Gasteiger partial charge in [0.2, 0.25) is 5.91 Å². The van der Waals surface area contributed by atoms with Gasteiger partial charge >= 0.3 is 0 Å². The van der Waals surface area contributed by atoms with Crippen molar-refractivity contribution in [3.05, 3.63) is 29.3 Å². The highest BCUT2D eigenvalue weighted by Gasteiger charge is 2.22. The van der Waals surface area contributed by atoms with Crippen molar-refractivity contribution in [2.24, 2.45) is 5.73 Å². The first kappa shape index (κ1) is 12.1. The lowest BCUT2D eigenvalue weighted by Crippen LogP contribution is -2.23. The van der Waals surface area contributed by atoms with Gasteiger partial charge in [-0.25, -0.2) is 0 Å².